The van der Waals surface area contributed by atoms with Crippen LogP contribution in [0.2, 0.25) is 0 Å². The Kier molecular flexibility index (Phi) is 2.32. The van der Waals surface area contributed by atoms with Gasteiger partial charge >= 0.3 is 0 Å². The van der Waals surface area contributed by atoms with E-state index in [0.29, 0.717) is 13.1 Å². The lowest BCUT2D eigenvalue weighted by molar-refractivity contribution is -0.168. The molecule has 0 amide bonds. The molecule has 0 aromatic carbocycles. The third-order valence-corrected chi connectivity index (χ3v) is 2.77. The van der Waals surface area contributed by atoms with Gasteiger partial charge in [0.1, 0.15) is 11.7 Å². The molecule has 3 atom stereocenters. The van der Waals surface area contributed by atoms with Gasteiger partial charge in [-0.05, 0) is 13.8 Å². The highest BCUT2D eigenvalue weighted by molar-refractivity contribution is 5.04. The van der Waals surface area contributed by atoms with Crippen LogP contribution in [0.4, 0.5) is 0 Å². The summed E-state index contributed by atoms with van der Waals surface area (Å²) in [5.41, 5.74) is -0.791. The fraction of sp³-hybridized carbons (Fsp3) is 1.00. The Hall–Kier alpha value is -0.200. The summed E-state index contributed by atoms with van der Waals surface area (Å²) in [4.78, 5) is 0. The van der Waals surface area contributed by atoms with Crippen LogP contribution in [0.15, 0.2) is 0 Å². The number of ether oxygens (including phenoxy) is 2. The summed E-state index contributed by atoms with van der Waals surface area (Å²) in [6.07, 6.45) is -1.07. The van der Waals surface area contributed by atoms with Crippen LogP contribution in [0, 0.1) is 0 Å². The lowest BCUT2D eigenvalue weighted by Gasteiger charge is -2.38. The standard InChI is InChI=1S/C9H17NO4/c1-8(2)13-7-6(12)3-10-4-9(7,5-11)14-8/h6-7,10-12H,3-5H2,1-2H3. The highest BCUT2D eigenvalue weighted by Gasteiger charge is 2.57. The molecule has 3 N–H and O–H groups in total. The predicted octanol–water partition coefficient (Wildman–Crippen LogP) is -1.17. The molecular formula is C9H17NO4. The summed E-state index contributed by atoms with van der Waals surface area (Å²) < 4.78 is 11.3. The van der Waals surface area contributed by atoms with Gasteiger partial charge in [-0.3, -0.25) is 0 Å². The lowest BCUT2D eigenvalue weighted by Crippen LogP contribution is -2.62. The molecular weight excluding hydrogens is 186 g/mol. The zero-order valence-electron chi connectivity index (χ0n) is 8.49. The molecule has 0 aromatic rings. The van der Waals surface area contributed by atoms with Gasteiger partial charge in [0.15, 0.2) is 5.79 Å². The normalized spacial score (nSPS) is 46.3. The number of rotatable bonds is 1. The Morgan fingerprint density at radius 3 is 2.79 bits per heavy atom. The van der Waals surface area contributed by atoms with E-state index in [1.54, 1.807) is 13.8 Å². The molecule has 0 saturated carbocycles. The van der Waals surface area contributed by atoms with E-state index in [0.717, 1.165) is 0 Å². The van der Waals surface area contributed by atoms with Gasteiger partial charge < -0.3 is 25.0 Å². The van der Waals surface area contributed by atoms with Crippen molar-refractivity contribution >= 4 is 0 Å². The van der Waals surface area contributed by atoms with Gasteiger partial charge in [0, 0.05) is 13.1 Å². The maximum Gasteiger partial charge on any atom is 0.164 e. The highest BCUT2D eigenvalue weighted by atomic mass is 16.8. The van der Waals surface area contributed by atoms with Crippen molar-refractivity contribution in [3.63, 3.8) is 0 Å². The highest BCUT2D eigenvalue weighted by Crippen LogP contribution is 2.38. The Balaban J connectivity index is 2.25. The van der Waals surface area contributed by atoms with E-state index in [1.807, 2.05) is 0 Å². The van der Waals surface area contributed by atoms with Crippen LogP contribution in [0.1, 0.15) is 13.8 Å². The van der Waals surface area contributed by atoms with E-state index < -0.39 is 23.6 Å². The summed E-state index contributed by atoms with van der Waals surface area (Å²) in [6.45, 7) is 4.41. The first kappa shape index (κ1) is 10.3. The molecule has 0 aromatic heterocycles. The second kappa shape index (κ2) is 3.15. The first-order valence-electron chi connectivity index (χ1n) is 4.87. The number of hydrogen-bond acceptors (Lipinski definition) is 5. The van der Waals surface area contributed by atoms with Gasteiger partial charge in [0.25, 0.3) is 0 Å². The second-order valence-electron chi connectivity index (χ2n) is 4.46. The van der Waals surface area contributed by atoms with Crippen LogP contribution in [0.5, 0.6) is 0 Å². The topological polar surface area (TPSA) is 71.0 Å². The van der Waals surface area contributed by atoms with Crippen LogP contribution >= 0.6 is 0 Å². The minimum absolute atomic E-state index is 0.148. The van der Waals surface area contributed by atoms with Crippen molar-refractivity contribution in [2.24, 2.45) is 0 Å². The molecule has 0 bridgehead atoms. The molecule has 0 spiro atoms. The van der Waals surface area contributed by atoms with Crippen LogP contribution in [-0.2, 0) is 9.47 Å². The summed E-state index contributed by atoms with van der Waals surface area (Å²) in [5, 5.41) is 22.1. The molecule has 82 valence electrons. The molecule has 3 unspecified atom stereocenters. The van der Waals surface area contributed by atoms with E-state index in [4.69, 9.17) is 9.47 Å². The fourth-order valence-electron chi connectivity index (χ4n) is 2.27. The van der Waals surface area contributed by atoms with Crippen molar-refractivity contribution in [3.8, 4) is 0 Å². The number of piperidine rings is 1. The maximum atomic E-state index is 9.73. The van der Waals surface area contributed by atoms with Crippen molar-refractivity contribution in [3.05, 3.63) is 0 Å². The monoisotopic (exact) mass is 203 g/mol. The molecule has 5 nitrogen and oxygen atoms in total. The minimum Gasteiger partial charge on any atom is -0.393 e. The average Bonchev–Trinajstić information content (AvgIpc) is 2.38. The van der Waals surface area contributed by atoms with Crippen molar-refractivity contribution in [2.75, 3.05) is 19.7 Å². The maximum absolute atomic E-state index is 9.73. The van der Waals surface area contributed by atoms with Crippen LogP contribution in [-0.4, -0.2) is 53.5 Å². The molecule has 2 aliphatic heterocycles. The van der Waals surface area contributed by atoms with E-state index >= 15 is 0 Å². The Bertz CT molecular complexity index is 233. The number of fused-ring (bicyclic) bond motifs is 1. The Morgan fingerprint density at radius 1 is 1.50 bits per heavy atom. The van der Waals surface area contributed by atoms with Gasteiger partial charge in [0.05, 0.1) is 12.7 Å². The van der Waals surface area contributed by atoms with Crippen LogP contribution in [0.3, 0.4) is 0 Å². The smallest absolute Gasteiger partial charge is 0.164 e. The SMILES string of the molecule is CC1(C)OC2C(O)CNCC2(CO)O1. The van der Waals surface area contributed by atoms with Gasteiger partial charge in [-0.1, -0.05) is 0 Å². The summed E-state index contributed by atoms with van der Waals surface area (Å²) in [6, 6.07) is 0. The quantitative estimate of drug-likeness (QED) is 0.501. The first-order valence-corrected chi connectivity index (χ1v) is 4.87. The zero-order chi connectivity index (χ0) is 10.4. The van der Waals surface area contributed by atoms with E-state index in [9.17, 15) is 10.2 Å². The van der Waals surface area contributed by atoms with Crippen molar-refractivity contribution in [2.45, 2.75) is 37.4 Å². The number of aliphatic hydroxyl groups is 2. The lowest BCUT2D eigenvalue weighted by atomic mass is 9.90. The molecule has 14 heavy (non-hydrogen) atoms. The van der Waals surface area contributed by atoms with E-state index in [-0.39, 0.29) is 6.61 Å². The molecule has 0 radical (unpaired) electrons. The Labute approximate surface area is 83.0 Å². The number of hydrogen-bond donors (Lipinski definition) is 3. The molecule has 0 aliphatic carbocycles. The van der Waals surface area contributed by atoms with Gasteiger partial charge in [-0.2, -0.15) is 0 Å². The molecule has 2 rings (SSSR count). The largest absolute Gasteiger partial charge is 0.393 e. The third kappa shape index (κ3) is 1.45. The number of aliphatic hydroxyl groups excluding tert-OH is 2. The molecule has 2 aliphatic rings. The van der Waals surface area contributed by atoms with Crippen molar-refractivity contribution in [1.29, 1.82) is 0 Å². The van der Waals surface area contributed by atoms with Crippen molar-refractivity contribution in [1.82, 2.24) is 5.32 Å². The van der Waals surface area contributed by atoms with Crippen LogP contribution < -0.4 is 5.32 Å². The van der Waals surface area contributed by atoms with Gasteiger partial charge in [-0.25, -0.2) is 0 Å². The minimum atomic E-state index is -0.791. The first-order chi connectivity index (χ1) is 6.49. The average molecular weight is 203 g/mol. The number of β-amino-alcohol motifs (C(OH)–C–C–N with tert-alkyl or cyclic N) is 1. The molecule has 2 fully saturated rings. The predicted molar refractivity (Wildman–Crippen MR) is 48.7 cm³/mol. The van der Waals surface area contributed by atoms with Crippen molar-refractivity contribution < 1.29 is 19.7 Å². The molecule has 5 heteroatoms. The molecule has 2 saturated heterocycles. The van der Waals surface area contributed by atoms with Crippen LogP contribution in [0.25, 0.3) is 0 Å². The second-order valence-corrected chi connectivity index (χ2v) is 4.46. The summed E-state index contributed by atoms with van der Waals surface area (Å²) >= 11 is 0. The third-order valence-electron chi connectivity index (χ3n) is 2.77. The van der Waals surface area contributed by atoms with Gasteiger partial charge in [-0.15, -0.1) is 0 Å². The molecule has 2 heterocycles. The fourth-order valence-corrected chi connectivity index (χ4v) is 2.27. The van der Waals surface area contributed by atoms with E-state index in [2.05, 4.69) is 5.32 Å². The van der Waals surface area contributed by atoms with Gasteiger partial charge in [0.2, 0.25) is 0 Å². The Morgan fingerprint density at radius 2 is 2.21 bits per heavy atom. The summed E-state index contributed by atoms with van der Waals surface area (Å²) in [5.74, 6) is -0.736. The summed E-state index contributed by atoms with van der Waals surface area (Å²) in [7, 11) is 0. The number of nitrogens with one attached hydrogen (secondary N) is 1. The zero-order valence-corrected chi connectivity index (χ0v) is 8.49. The van der Waals surface area contributed by atoms with E-state index in [1.165, 1.54) is 0 Å².